The third-order valence-electron chi connectivity index (χ3n) is 5.09. The van der Waals surface area contributed by atoms with Crippen molar-refractivity contribution in [3.63, 3.8) is 0 Å². The fraction of sp³-hybridized carbons (Fsp3) is 0.400. The Morgan fingerprint density at radius 3 is 2.12 bits per heavy atom. The second-order valence-corrected chi connectivity index (χ2v) is 7.49. The molecule has 2 aromatic carbocycles. The van der Waals surface area contributed by atoms with Gasteiger partial charge in [0.1, 0.15) is 0 Å². The average molecular weight is 323 g/mol. The molecule has 1 aliphatic heterocycles. The Labute approximate surface area is 145 Å². The molecule has 3 nitrogen and oxygen atoms in total. The molecule has 2 aromatic rings. The second kappa shape index (κ2) is 6.27. The summed E-state index contributed by atoms with van der Waals surface area (Å²) in [6, 6.07) is 19.0. The van der Waals surface area contributed by atoms with Crippen LogP contribution < -0.4 is 10.8 Å². The van der Waals surface area contributed by atoms with E-state index in [4.69, 9.17) is 9.31 Å². The minimum absolute atomic E-state index is 0.236. The normalized spacial score (nSPS) is 20.0. The standard InChI is InChI=1S/C20H26BNO2/c1-15(16-10-7-6-8-11-16)22-18-13-9-12-17(14-18)21-23-19(2,3)20(4,5)24-21/h6-15,22H,1-5H3. The van der Waals surface area contributed by atoms with E-state index in [2.05, 4.69) is 82.4 Å². The zero-order valence-electron chi connectivity index (χ0n) is 15.2. The van der Waals surface area contributed by atoms with E-state index in [0.717, 1.165) is 11.2 Å². The van der Waals surface area contributed by atoms with Crippen molar-refractivity contribution in [2.75, 3.05) is 5.32 Å². The van der Waals surface area contributed by atoms with Gasteiger partial charge in [-0.05, 0) is 57.8 Å². The molecule has 0 bridgehead atoms. The van der Waals surface area contributed by atoms with Gasteiger partial charge in [-0.3, -0.25) is 0 Å². The SMILES string of the molecule is CC(Nc1cccc(B2OC(C)(C)C(C)(C)O2)c1)c1ccccc1. The van der Waals surface area contributed by atoms with E-state index in [9.17, 15) is 0 Å². The summed E-state index contributed by atoms with van der Waals surface area (Å²) in [4.78, 5) is 0. The fourth-order valence-electron chi connectivity index (χ4n) is 2.83. The Morgan fingerprint density at radius 2 is 1.50 bits per heavy atom. The lowest BCUT2D eigenvalue weighted by molar-refractivity contribution is 0.00578. The van der Waals surface area contributed by atoms with Gasteiger partial charge in [0, 0.05) is 11.7 Å². The molecule has 0 radical (unpaired) electrons. The van der Waals surface area contributed by atoms with Gasteiger partial charge in [0.05, 0.1) is 11.2 Å². The third-order valence-corrected chi connectivity index (χ3v) is 5.09. The average Bonchev–Trinajstić information content (AvgIpc) is 2.76. The van der Waals surface area contributed by atoms with Crippen molar-refractivity contribution in [1.82, 2.24) is 0 Å². The molecule has 0 aromatic heterocycles. The Morgan fingerprint density at radius 1 is 0.875 bits per heavy atom. The van der Waals surface area contributed by atoms with Crippen LogP contribution in [0.25, 0.3) is 0 Å². The molecule has 0 spiro atoms. The molecule has 3 rings (SSSR count). The second-order valence-electron chi connectivity index (χ2n) is 7.49. The highest BCUT2D eigenvalue weighted by atomic mass is 16.7. The molecule has 1 fully saturated rings. The molecule has 4 heteroatoms. The van der Waals surface area contributed by atoms with Gasteiger partial charge >= 0.3 is 7.12 Å². The molecule has 0 amide bonds. The van der Waals surface area contributed by atoms with Crippen LogP contribution in [0.1, 0.15) is 46.2 Å². The van der Waals surface area contributed by atoms with Gasteiger partial charge in [0.25, 0.3) is 0 Å². The highest BCUT2D eigenvalue weighted by molar-refractivity contribution is 6.62. The Bertz CT molecular complexity index is 684. The van der Waals surface area contributed by atoms with Crippen LogP contribution in [0.4, 0.5) is 5.69 Å². The molecule has 24 heavy (non-hydrogen) atoms. The first kappa shape index (κ1) is 17.1. The maximum absolute atomic E-state index is 6.14. The summed E-state index contributed by atoms with van der Waals surface area (Å²) in [5, 5.41) is 3.55. The van der Waals surface area contributed by atoms with Crippen LogP contribution in [-0.2, 0) is 9.31 Å². The van der Waals surface area contributed by atoms with Crippen LogP contribution >= 0.6 is 0 Å². The zero-order valence-corrected chi connectivity index (χ0v) is 15.2. The summed E-state index contributed by atoms with van der Waals surface area (Å²) < 4.78 is 12.3. The predicted molar refractivity (Wildman–Crippen MR) is 101 cm³/mol. The number of hydrogen-bond acceptors (Lipinski definition) is 3. The molecular formula is C20H26BNO2. The smallest absolute Gasteiger partial charge is 0.399 e. The monoisotopic (exact) mass is 323 g/mol. The van der Waals surface area contributed by atoms with Crippen molar-refractivity contribution in [2.24, 2.45) is 0 Å². The quantitative estimate of drug-likeness (QED) is 0.857. The number of anilines is 1. The summed E-state index contributed by atoms with van der Waals surface area (Å²) in [6.07, 6.45) is 0. The molecule has 1 N–H and O–H groups in total. The molecule has 1 saturated heterocycles. The minimum atomic E-state index is -0.330. The van der Waals surface area contributed by atoms with Gasteiger partial charge in [0.2, 0.25) is 0 Å². The number of benzene rings is 2. The van der Waals surface area contributed by atoms with Crippen molar-refractivity contribution >= 4 is 18.3 Å². The van der Waals surface area contributed by atoms with E-state index in [-0.39, 0.29) is 24.4 Å². The molecule has 0 saturated carbocycles. The molecule has 1 aliphatic rings. The van der Waals surface area contributed by atoms with Gasteiger partial charge < -0.3 is 14.6 Å². The summed E-state index contributed by atoms with van der Waals surface area (Å²) in [5.41, 5.74) is 2.73. The van der Waals surface area contributed by atoms with E-state index in [1.807, 2.05) is 12.1 Å². The van der Waals surface area contributed by atoms with Crippen LogP contribution in [-0.4, -0.2) is 18.3 Å². The van der Waals surface area contributed by atoms with Gasteiger partial charge in [0.15, 0.2) is 0 Å². The Balaban J connectivity index is 1.76. The number of rotatable bonds is 4. The Hall–Kier alpha value is -1.78. The largest absolute Gasteiger partial charge is 0.494 e. The van der Waals surface area contributed by atoms with Crippen LogP contribution in [0.2, 0.25) is 0 Å². The van der Waals surface area contributed by atoms with E-state index < -0.39 is 0 Å². The lowest BCUT2D eigenvalue weighted by Crippen LogP contribution is -2.41. The van der Waals surface area contributed by atoms with Crippen molar-refractivity contribution in [3.8, 4) is 0 Å². The summed E-state index contributed by atoms with van der Waals surface area (Å²) >= 11 is 0. The fourth-order valence-corrected chi connectivity index (χ4v) is 2.83. The molecule has 0 aliphatic carbocycles. The molecular weight excluding hydrogens is 297 g/mol. The van der Waals surface area contributed by atoms with E-state index >= 15 is 0 Å². The molecule has 1 atom stereocenters. The minimum Gasteiger partial charge on any atom is -0.399 e. The van der Waals surface area contributed by atoms with E-state index in [0.29, 0.717) is 0 Å². The summed E-state index contributed by atoms with van der Waals surface area (Å²) in [7, 11) is -0.330. The van der Waals surface area contributed by atoms with Gasteiger partial charge in [-0.2, -0.15) is 0 Å². The third kappa shape index (κ3) is 3.35. The van der Waals surface area contributed by atoms with Crippen molar-refractivity contribution in [2.45, 2.75) is 51.9 Å². The molecule has 1 heterocycles. The lowest BCUT2D eigenvalue weighted by Gasteiger charge is -2.32. The van der Waals surface area contributed by atoms with Crippen molar-refractivity contribution in [1.29, 1.82) is 0 Å². The van der Waals surface area contributed by atoms with Crippen LogP contribution in [0.5, 0.6) is 0 Å². The van der Waals surface area contributed by atoms with E-state index in [1.165, 1.54) is 5.56 Å². The highest BCUT2D eigenvalue weighted by Gasteiger charge is 2.51. The topological polar surface area (TPSA) is 30.5 Å². The number of hydrogen-bond donors (Lipinski definition) is 1. The zero-order chi connectivity index (χ0) is 17.4. The predicted octanol–water partition coefficient (Wildman–Crippen LogP) is 4.16. The first-order chi connectivity index (χ1) is 11.3. The van der Waals surface area contributed by atoms with Crippen LogP contribution in [0.3, 0.4) is 0 Å². The number of nitrogens with one attached hydrogen (secondary N) is 1. The first-order valence-corrected chi connectivity index (χ1v) is 8.56. The maximum atomic E-state index is 6.14. The van der Waals surface area contributed by atoms with Crippen LogP contribution in [0.15, 0.2) is 54.6 Å². The highest BCUT2D eigenvalue weighted by Crippen LogP contribution is 2.36. The van der Waals surface area contributed by atoms with Gasteiger partial charge in [-0.25, -0.2) is 0 Å². The first-order valence-electron chi connectivity index (χ1n) is 8.56. The maximum Gasteiger partial charge on any atom is 0.494 e. The van der Waals surface area contributed by atoms with Gasteiger partial charge in [-0.15, -0.1) is 0 Å². The summed E-state index contributed by atoms with van der Waals surface area (Å²) in [6.45, 7) is 10.5. The Kier molecular flexibility index (Phi) is 4.45. The summed E-state index contributed by atoms with van der Waals surface area (Å²) in [5.74, 6) is 0. The van der Waals surface area contributed by atoms with Crippen LogP contribution in [0, 0.1) is 0 Å². The van der Waals surface area contributed by atoms with Gasteiger partial charge in [-0.1, -0.05) is 42.5 Å². The van der Waals surface area contributed by atoms with Crippen molar-refractivity contribution in [3.05, 3.63) is 60.2 Å². The van der Waals surface area contributed by atoms with E-state index in [1.54, 1.807) is 0 Å². The molecule has 126 valence electrons. The van der Waals surface area contributed by atoms with Crippen molar-refractivity contribution < 1.29 is 9.31 Å². The lowest BCUT2D eigenvalue weighted by atomic mass is 9.79. The molecule has 1 unspecified atom stereocenters.